The molecule has 1 aromatic carbocycles. The van der Waals surface area contributed by atoms with E-state index < -0.39 is 0 Å². The van der Waals surface area contributed by atoms with Crippen LogP contribution in [0.4, 0.5) is 0 Å². The topological polar surface area (TPSA) is 41.5 Å². The zero-order valence-corrected chi connectivity index (χ0v) is 8.34. The molecule has 14 heavy (non-hydrogen) atoms. The number of rotatable bonds is 3. The van der Waals surface area contributed by atoms with E-state index in [-0.39, 0.29) is 0 Å². The number of aromatic hydroxyl groups is 1. The second-order valence-electron chi connectivity index (χ2n) is 3.59. The van der Waals surface area contributed by atoms with Gasteiger partial charge in [-0.25, -0.2) is 0 Å². The van der Waals surface area contributed by atoms with Crippen LogP contribution < -0.4 is 5.48 Å². The minimum Gasteiger partial charge on any atom is -0.507 e. The lowest BCUT2D eigenvalue weighted by Crippen LogP contribution is -2.11. The maximum atomic E-state index is 9.94. The minimum atomic E-state index is 0.449. The third kappa shape index (κ3) is 1.61. The van der Waals surface area contributed by atoms with Gasteiger partial charge in [0.15, 0.2) is 0 Å². The first-order chi connectivity index (χ1) is 6.83. The van der Waals surface area contributed by atoms with Crippen LogP contribution in [0.15, 0.2) is 12.1 Å². The van der Waals surface area contributed by atoms with Gasteiger partial charge in [-0.05, 0) is 30.4 Å². The summed E-state index contributed by atoms with van der Waals surface area (Å²) in [7, 11) is 1.57. The van der Waals surface area contributed by atoms with E-state index in [0.29, 0.717) is 12.3 Å². The second kappa shape index (κ2) is 3.98. The molecule has 0 heterocycles. The number of nitrogens with one attached hydrogen (secondary N) is 1. The van der Waals surface area contributed by atoms with Crippen LogP contribution in [0, 0.1) is 0 Å². The maximum Gasteiger partial charge on any atom is 0.123 e. The Labute approximate surface area is 83.7 Å². The Balaban J connectivity index is 2.26. The van der Waals surface area contributed by atoms with Gasteiger partial charge in [-0.2, -0.15) is 5.48 Å². The largest absolute Gasteiger partial charge is 0.507 e. The molecule has 0 saturated heterocycles. The van der Waals surface area contributed by atoms with E-state index in [4.69, 9.17) is 4.84 Å². The molecule has 2 rings (SSSR count). The predicted molar refractivity (Wildman–Crippen MR) is 54.0 cm³/mol. The fourth-order valence-electron chi connectivity index (χ4n) is 1.99. The number of aryl methyl sites for hydroxylation is 1. The molecule has 1 aliphatic rings. The van der Waals surface area contributed by atoms with Crippen molar-refractivity contribution in [1.29, 1.82) is 0 Å². The molecule has 0 bridgehead atoms. The lowest BCUT2D eigenvalue weighted by atomic mass is 10.0. The van der Waals surface area contributed by atoms with Gasteiger partial charge in [0, 0.05) is 12.1 Å². The number of hydroxylamine groups is 1. The molecule has 3 nitrogen and oxygen atoms in total. The van der Waals surface area contributed by atoms with Gasteiger partial charge in [0.25, 0.3) is 0 Å². The van der Waals surface area contributed by atoms with Crippen molar-refractivity contribution in [3.63, 3.8) is 0 Å². The Kier molecular flexibility index (Phi) is 2.70. The number of benzene rings is 1. The summed E-state index contributed by atoms with van der Waals surface area (Å²) in [6.45, 7) is 0.551. The monoisotopic (exact) mass is 193 g/mol. The van der Waals surface area contributed by atoms with Crippen LogP contribution in [0.25, 0.3) is 0 Å². The van der Waals surface area contributed by atoms with Crippen LogP contribution in [0.1, 0.15) is 23.1 Å². The molecule has 76 valence electrons. The lowest BCUT2D eigenvalue weighted by Gasteiger charge is -2.09. The van der Waals surface area contributed by atoms with Gasteiger partial charge < -0.3 is 9.94 Å². The number of phenols is 1. The average Bonchev–Trinajstić information content (AvgIpc) is 2.66. The van der Waals surface area contributed by atoms with Crippen molar-refractivity contribution in [2.75, 3.05) is 7.11 Å². The fraction of sp³-hybridized carbons (Fsp3) is 0.455. The molecule has 0 aromatic heterocycles. The zero-order valence-electron chi connectivity index (χ0n) is 8.34. The zero-order chi connectivity index (χ0) is 9.97. The summed E-state index contributed by atoms with van der Waals surface area (Å²) in [6, 6.07) is 4.07. The molecular weight excluding hydrogens is 178 g/mol. The molecule has 1 aromatic rings. The average molecular weight is 193 g/mol. The van der Waals surface area contributed by atoms with E-state index in [9.17, 15) is 5.11 Å². The number of phenolic OH excluding ortho intramolecular Hbond substituents is 1. The van der Waals surface area contributed by atoms with Crippen LogP contribution in [-0.4, -0.2) is 12.2 Å². The molecular formula is C11H15NO2. The van der Waals surface area contributed by atoms with Crippen LogP contribution >= 0.6 is 0 Å². The van der Waals surface area contributed by atoms with Crippen LogP contribution in [0.3, 0.4) is 0 Å². The molecule has 3 heteroatoms. The highest BCUT2D eigenvalue weighted by Gasteiger charge is 2.16. The molecule has 0 amide bonds. The third-order valence-corrected chi connectivity index (χ3v) is 2.74. The van der Waals surface area contributed by atoms with E-state index in [1.54, 1.807) is 7.11 Å². The first-order valence-electron chi connectivity index (χ1n) is 4.91. The smallest absolute Gasteiger partial charge is 0.123 e. The number of hydrogen-bond acceptors (Lipinski definition) is 3. The highest BCUT2D eigenvalue weighted by molar-refractivity contribution is 5.47. The highest BCUT2D eigenvalue weighted by atomic mass is 16.6. The summed E-state index contributed by atoms with van der Waals surface area (Å²) in [6.07, 6.45) is 3.26. The predicted octanol–water partition coefficient (Wildman–Crippen LogP) is 1.53. The molecule has 0 unspecified atom stereocenters. The van der Waals surface area contributed by atoms with E-state index >= 15 is 0 Å². The fourth-order valence-corrected chi connectivity index (χ4v) is 1.99. The van der Waals surface area contributed by atoms with Gasteiger partial charge in [-0.15, -0.1) is 0 Å². The van der Waals surface area contributed by atoms with Crippen molar-refractivity contribution in [2.24, 2.45) is 0 Å². The summed E-state index contributed by atoms with van der Waals surface area (Å²) < 4.78 is 0. The number of fused-ring (bicyclic) bond motifs is 1. The van der Waals surface area contributed by atoms with Crippen LogP contribution in [-0.2, 0) is 24.2 Å². The number of hydrogen-bond donors (Lipinski definition) is 2. The lowest BCUT2D eigenvalue weighted by molar-refractivity contribution is 0.0861. The van der Waals surface area contributed by atoms with Crippen molar-refractivity contribution in [2.45, 2.75) is 25.8 Å². The molecule has 1 aliphatic carbocycles. The Bertz CT molecular complexity index is 336. The Hall–Kier alpha value is -1.06. The Morgan fingerprint density at radius 3 is 3.07 bits per heavy atom. The molecule has 0 fully saturated rings. The first kappa shape index (κ1) is 9.49. The van der Waals surface area contributed by atoms with Gasteiger partial charge in [0.2, 0.25) is 0 Å². The summed E-state index contributed by atoms with van der Waals surface area (Å²) >= 11 is 0. The summed E-state index contributed by atoms with van der Waals surface area (Å²) in [5.41, 5.74) is 6.07. The maximum absolute atomic E-state index is 9.94. The molecule has 0 aliphatic heterocycles. The Morgan fingerprint density at radius 1 is 1.43 bits per heavy atom. The van der Waals surface area contributed by atoms with Crippen molar-refractivity contribution >= 4 is 0 Å². The standard InChI is InChI=1S/C11H15NO2/c1-14-12-7-9-6-5-8-3-2-4-10(8)11(9)13/h5-6,12-13H,2-4,7H2,1H3. The van der Waals surface area contributed by atoms with Gasteiger partial charge in [-0.3, -0.25) is 0 Å². The second-order valence-corrected chi connectivity index (χ2v) is 3.59. The first-order valence-corrected chi connectivity index (χ1v) is 4.91. The van der Waals surface area contributed by atoms with E-state index in [1.807, 2.05) is 6.07 Å². The quantitative estimate of drug-likeness (QED) is 0.715. The minimum absolute atomic E-state index is 0.449. The van der Waals surface area contributed by atoms with E-state index in [2.05, 4.69) is 11.5 Å². The summed E-state index contributed by atoms with van der Waals surface area (Å²) in [5.74, 6) is 0.449. The van der Waals surface area contributed by atoms with Crippen molar-refractivity contribution < 1.29 is 9.94 Å². The molecule has 0 radical (unpaired) electrons. The van der Waals surface area contributed by atoms with Crippen molar-refractivity contribution in [3.05, 3.63) is 28.8 Å². The highest BCUT2D eigenvalue weighted by Crippen LogP contribution is 2.32. The normalized spacial score (nSPS) is 14.4. The molecule has 0 atom stereocenters. The van der Waals surface area contributed by atoms with Gasteiger partial charge in [0.05, 0.1) is 7.11 Å². The molecule has 0 saturated carbocycles. The SMILES string of the molecule is CONCc1ccc2c(c1O)CCC2. The van der Waals surface area contributed by atoms with Gasteiger partial charge in [-0.1, -0.05) is 12.1 Å². The van der Waals surface area contributed by atoms with Crippen LogP contribution in [0.5, 0.6) is 5.75 Å². The molecule has 0 spiro atoms. The van der Waals surface area contributed by atoms with Crippen molar-refractivity contribution in [3.8, 4) is 5.75 Å². The van der Waals surface area contributed by atoms with E-state index in [0.717, 1.165) is 30.4 Å². The van der Waals surface area contributed by atoms with Gasteiger partial charge >= 0.3 is 0 Å². The summed E-state index contributed by atoms with van der Waals surface area (Å²) in [4.78, 5) is 4.76. The Morgan fingerprint density at radius 2 is 2.29 bits per heavy atom. The van der Waals surface area contributed by atoms with E-state index in [1.165, 1.54) is 5.56 Å². The van der Waals surface area contributed by atoms with Crippen LogP contribution in [0.2, 0.25) is 0 Å². The summed E-state index contributed by atoms with van der Waals surface area (Å²) in [5, 5.41) is 9.94. The van der Waals surface area contributed by atoms with Gasteiger partial charge in [0.1, 0.15) is 5.75 Å². The van der Waals surface area contributed by atoms with Crippen molar-refractivity contribution in [1.82, 2.24) is 5.48 Å². The molecule has 2 N–H and O–H groups in total. The third-order valence-electron chi connectivity index (χ3n) is 2.74.